The van der Waals surface area contributed by atoms with Gasteiger partial charge in [-0.25, -0.2) is 9.78 Å². The van der Waals surface area contributed by atoms with E-state index in [1.807, 2.05) is 6.92 Å². The molecule has 0 radical (unpaired) electrons. The molecule has 0 amide bonds. The number of hydrogen-bond acceptors (Lipinski definition) is 4. The molecular formula is C14H13Cl2NO3. The molecule has 1 aromatic heterocycles. The molecule has 0 bridgehead atoms. The van der Waals surface area contributed by atoms with E-state index >= 15 is 0 Å². The summed E-state index contributed by atoms with van der Waals surface area (Å²) in [5, 5.41) is 0.744. The van der Waals surface area contributed by atoms with E-state index in [-0.39, 0.29) is 11.7 Å². The number of halogens is 2. The summed E-state index contributed by atoms with van der Waals surface area (Å²) in [4.78, 5) is 16.0. The maximum Gasteiger partial charge on any atom is 0.376 e. The number of aryl methyl sites for hydroxylation is 1. The summed E-state index contributed by atoms with van der Waals surface area (Å²) in [5.74, 6) is -0.174. The molecule has 1 aromatic carbocycles. The normalized spacial score (nSPS) is 10.6. The number of ether oxygens (including phenoxy) is 1. The van der Waals surface area contributed by atoms with Crippen molar-refractivity contribution in [3.8, 4) is 11.5 Å². The second kappa shape index (κ2) is 6.29. The smallest absolute Gasteiger partial charge is 0.376 e. The first-order chi connectivity index (χ1) is 9.58. The van der Waals surface area contributed by atoms with Gasteiger partial charge in [0.25, 0.3) is 0 Å². The molecule has 0 aliphatic heterocycles. The largest absolute Gasteiger partial charge is 0.463 e. The fraction of sp³-hybridized carbons (Fsp3) is 0.286. The quantitative estimate of drug-likeness (QED) is 0.786. The molecule has 0 spiro atoms. The highest BCUT2D eigenvalue weighted by atomic mass is 35.5. The van der Waals surface area contributed by atoms with E-state index in [0.717, 1.165) is 6.42 Å². The maximum absolute atomic E-state index is 11.7. The molecule has 0 saturated heterocycles. The minimum Gasteiger partial charge on any atom is -0.463 e. The van der Waals surface area contributed by atoms with Gasteiger partial charge in [0.1, 0.15) is 0 Å². The van der Waals surface area contributed by atoms with Crippen LogP contribution in [0.5, 0.6) is 0 Å². The molecule has 20 heavy (non-hydrogen) atoms. The van der Waals surface area contributed by atoms with Crippen molar-refractivity contribution in [2.75, 3.05) is 7.11 Å². The van der Waals surface area contributed by atoms with Gasteiger partial charge in [0.2, 0.25) is 11.7 Å². The number of esters is 1. The molecule has 2 aromatic rings. The van der Waals surface area contributed by atoms with E-state index in [1.165, 1.54) is 7.11 Å². The second-order valence-corrected chi connectivity index (χ2v) is 4.92. The third-order valence-electron chi connectivity index (χ3n) is 2.74. The molecule has 106 valence electrons. The first-order valence-corrected chi connectivity index (χ1v) is 6.86. The Balaban J connectivity index is 2.52. The minimum atomic E-state index is -0.551. The molecule has 0 saturated carbocycles. The van der Waals surface area contributed by atoms with Crippen molar-refractivity contribution < 1.29 is 13.9 Å². The van der Waals surface area contributed by atoms with Crippen LogP contribution in [0, 0.1) is 0 Å². The Bertz CT molecular complexity index is 637. The van der Waals surface area contributed by atoms with Crippen LogP contribution in [0.3, 0.4) is 0 Å². The van der Waals surface area contributed by atoms with Gasteiger partial charge >= 0.3 is 5.97 Å². The summed E-state index contributed by atoms with van der Waals surface area (Å²) < 4.78 is 10.2. The number of oxazole rings is 1. The number of rotatable bonds is 4. The topological polar surface area (TPSA) is 52.3 Å². The van der Waals surface area contributed by atoms with Gasteiger partial charge in [-0.3, -0.25) is 0 Å². The highest BCUT2D eigenvalue weighted by molar-refractivity contribution is 6.43. The number of nitrogens with zero attached hydrogens (tertiary/aromatic N) is 1. The van der Waals surface area contributed by atoms with E-state index in [1.54, 1.807) is 18.2 Å². The van der Waals surface area contributed by atoms with E-state index in [0.29, 0.717) is 27.7 Å². The van der Waals surface area contributed by atoms with Crippen LogP contribution in [0.15, 0.2) is 22.6 Å². The zero-order chi connectivity index (χ0) is 14.7. The van der Waals surface area contributed by atoms with Crippen LogP contribution in [-0.4, -0.2) is 18.1 Å². The van der Waals surface area contributed by atoms with E-state index < -0.39 is 5.97 Å². The number of carbonyl (C=O) groups is 1. The third-order valence-corrected chi connectivity index (χ3v) is 3.56. The van der Waals surface area contributed by atoms with Gasteiger partial charge in [0.05, 0.1) is 28.4 Å². The van der Waals surface area contributed by atoms with Crippen molar-refractivity contribution in [3.05, 3.63) is 39.7 Å². The molecule has 4 nitrogen and oxygen atoms in total. The molecule has 0 fully saturated rings. The number of hydrogen-bond donors (Lipinski definition) is 0. The molecule has 0 atom stereocenters. The lowest BCUT2D eigenvalue weighted by Gasteiger charge is -2.00. The highest BCUT2D eigenvalue weighted by Crippen LogP contribution is 2.34. The maximum atomic E-state index is 11.7. The average molecular weight is 314 g/mol. The van der Waals surface area contributed by atoms with Gasteiger partial charge in [0.15, 0.2) is 0 Å². The fourth-order valence-corrected chi connectivity index (χ4v) is 2.18. The summed E-state index contributed by atoms with van der Waals surface area (Å²) in [7, 11) is 1.30. The van der Waals surface area contributed by atoms with E-state index in [2.05, 4.69) is 4.98 Å². The number of carbonyl (C=O) groups excluding carboxylic acids is 1. The molecule has 6 heteroatoms. The predicted molar refractivity (Wildman–Crippen MR) is 77.3 cm³/mol. The Hall–Kier alpha value is -1.52. The van der Waals surface area contributed by atoms with Crippen molar-refractivity contribution in [2.24, 2.45) is 0 Å². The fourth-order valence-electron chi connectivity index (χ4n) is 1.79. The van der Waals surface area contributed by atoms with Crippen LogP contribution in [0.4, 0.5) is 0 Å². The Morgan fingerprint density at radius 3 is 2.80 bits per heavy atom. The SMILES string of the molecule is CCCc1nc(-c2cccc(Cl)c2Cl)oc1C(=O)OC. The van der Waals surface area contributed by atoms with E-state index in [4.69, 9.17) is 32.4 Å². The van der Waals surface area contributed by atoms with Gasteiger partial charge in [-0.15, -0.1) is 0 Å². The van der Waals surface area contributed by atoms with Crippen molar-refractivity contribution in [1.82, 2.24) is 4.98 Å². The van der Waals surface area contributed by atoms with Crippen LogP contribution >= 0.6 is 23.2 Å². The second-order valence-electron chi connectivity index (χ2n) is 4.14. The first kappa shape index (κ1) is 14.9. The lowest BCUT2D eigenvalue weighted by molar-refractivity contribution is 0.0564. The van der Waals surface area contributed by atoms with Gasteiger partial charge in [-0.05, 0) is 18.6 Å². The van der Waals surface area contributed by atoms with Gasteiger partial charge in [0, 0.05) is 0 Å². The lowest BCUT2D eigenvalue weighted by atomic mass is 10.2. The predicted octanol–water partition coefficient (Wildman–Crippen LogP) is 4.39. The Morgan fingerprint density at radius 2 is 2.15 bits per heavy atom. The van der Waals surface area contributed by atoms with Crippen LogP contribution < -0.4 is 0 Å². The van der Waals surface area contributed by atoms with Gasteiger partial charge < -0.3 is 9.15 Å². The summed E-state index contributed by atoms with van der Waals surface area (Å²) in [6.07, 6.45) is 1.45. The van der Waals surface area contributed by atoms with E-state index in [9.17, 15) is 4.79 Å². The third kappa shape index (κ3) is 2.81. The molecule has 0 aliphatic rings. The summed E-state index contributed by atoms with van der Waals surface area (Å²) in [6, 6.07) is 5.15. The summed E-state index contributed by atoms with van der Waals surface area (Å²) in [5.41, 5.74) is 1.11. The molecule has 2 rings (SSSR count). The zero-order valence-corrected chi connectivity index (χ0v) is 12.6. The van der Waals surface area contributed by atoms with Gasteiger partial charge in [-0.2, -0.15) is 0 Å². The van der Waals surface area contributed by atoms with Crippen LogP contribution in [-0.2, 0) is 11.2 Å². The Labute approximate surface area is 126 Å². The number of benzene rings is 1. The molecule has 0 aliphatic carbocycles. The minimum absolute atomic E-state index is 0.111. The standard InChI is InChI=1S/C14H13Cl2NO3/c1-3-5-10-12(14(18)19-2)20-13(17-10)8-6-4-7-9(15)11(8)16/h4,6-7H,3,5H2,1-2H3. The number of aromatic nitrogens is 1. The summed E-state index contributed by atoms with van der Waals surface area (Å²) >= 11 is 12.1. The number of methoxy groups -OCH3 is 1. The molecular weight excluding hydrogens is 301 g/mol. The Morgan fingerprint density at radius 1 is 1.40 bits per heavy atom. The highest BCUT2D eigenvalue weighted by Gasteiger charge is 2.22. The Kier molecular flexibility index (Phi) is 4.68. The summed E-state index contributed by atoms with van der Waals surface area (Å²) in [6.45, 7) is 1.99. The molecule has 0 unspecified atom stereocenters. The van der Waals surface area contributed by atoms with Crippen molar-refractivity contribution in [3.63, 3.8) is 0 Å². The van der Waals surface area contributed by atoms with Crippen LogP contribution in [0.1, 0.15) is 29.6 Å². The van der Waals surface area contributed by atoms with Crippen molar-refractivity contribution in [1.29, 1.82) is 0 Å². The average Bonchev–Trinajstić information content (AvgIpc) is 2.85. The zero-order valence-electron chi connectivity index (χ0n) is 11.1. The van der Waals surface area contributed by atoms with Crippen molar-refractivity contribution in [2.45, 2.75) is 19.8 Å². The van der Waals surface area contributed by atoms with Crippen LogP contribution in [0.2, 0.25) is 10.0 Å². The first-order valence-electron chi connectivity index (χ1n) is 6.10. The lowest BCUT2D eigenvalue weighted by Crippen LogP contribution is -2.03. The van der Waals surface area contributed by atoms with Gasteiger partial charge in [-0.1, -0.05) is 42.6 Å². The monoisotopic (exact) mass is 313 g/mol. The van der Waals surface area contributed by atoms with Crippen molar-refractivity contribution >= 4 is 29.2 Å². The van der Waals surface area contributed by atoms with Crippen LogP contribution in [0.25, 0.3) is 11.5 Å². The molecule has 0 N–H and O–H groups in total. The molecule has 1 heterocycles.